The van der Waals surface area contributed by atoms with E-state index < -0.39 is 0 Å². The second kappa shape index (κ2) is 6.14. The molecule has 0 aromatic rings. The van der Waals surface area contributed by atoms with E-state index in [0.29, 0.717) is 0 Å². The van der Waals surface area contributed by atoms with E-state index in [4.69, 9.17) is 0 Å². The first-order chi connectivity index (χ1) is 6.52. The average molecular weight is 189 g/mol. The first kappa shape index (κ1) is 12.6. The molecule has 0 saturated heterocycles. The topological polar surface area (TPSA) is 12.4 Å². The molecule has 0 fully saturated rings. The summed E-state index contributed by atoms with van der Waals surface area (Å²) in [5.41, 5.74) is 4.20. The summed E-state index contributed by atoms with van der Waals surface area (Å²) < 4.78 is 0. The second-order valence-electron chi connectivity index (χ2n) is 3.36. The smallest absolute Gasteiger partial charge is 0.0618 e. The lowest BCUT2D eigenvalue weighted by Gasteiger charge is -2.02. The molecule has 0 rings (SSSR count). The number of allylic oxidation sites excluding steroid dienone is 5. The van der Waals surface area contributed by atoms with Crippen molar-refractivity contribution in [2.45, 2.75) is 27.7 Å². The van der Waals surface area contributed by atoms with Gasteiger partial charge in [0.15, 0.2) is 0 Å². The predicted octanol–water partition coefficient (Wildman–Crippen LogP) is 4.06. The van der Waals surface area contributed by atoms with E-state index in [1.807, 2.05) is 33.8 Å². The lowest BCUT2D eigenvalue weighted by molar-refractivity contribution is 1.24. The molecule has 14 heavy (non-hydrogen) atoms. The van der Waals surface area contributed by atoms with Crippen molar-refractivity contribution in [2.24, 2.45) is 4.99 Å². The van der Waals surface area contributed by atoms with E-state index in [9.17, 15) is 0 Å². The molecule has 1 heteroatoms. The van der Waals surface area contributed by atoms with Crippen LogP contribution in [0.5, 0.6) is 0 Å². The van der Waals surface area contributed by atoms with E-state index in [0.717, 1.165) is 16.8 Å². The summed E-state index contributed by atoms with van der Waals surface area (Å²) in [6, 6.07) is 0. The van der Waals surface area contributed by atoms with Gasteiger partial charge < -0.3 is 0 Å². The van der Waals surface area contributed by atoms with E-state index in [2.05, 4.69) is 18.2 Å². The predicted molar refractivity (Wildman–Crippen MR) is 65.6 cm³/mol. The molecule has 0 unspecified atom stereocenters. The van der Waals surface area contributed by atoms with Gasteiger partial charge in [-0.2, -0.15) is 0 Å². The number of rotatable bonds is 4. The molecule has 0 radical (unpaired) electrons. The third-order valence-corrected chi connectivity index (χ3v) is 1.79. The number of aliphatic imine (C=N–C) groups is 1. The fourth-order valence-corrected chi connectivity index (χ4v) is 0.953. The summed E-state index contributed by atoms with van der Waals surface area (Å²) in [5, 5.41) is 0. The Kier molecular flexibility index (Phi) is 5.54. The fraction of sp³-hybridized carbons (Fsp3) is 0.308. The zero-order chi connectivity index (χ0) is 11.1. The standard InChI is InChI=1S/C13H19N/c1-7-12(10(3)4)9-13(11(5)6)14-8-2/h7-9H,1,3H2,2,4-6H3/b12-9+,14-8?. The van der Waals surface area contributed by atoms with Crippen LogP contribution in [-0.4, -0.2) is 6.21 Å². The first-order valence-electron chi connectivity index (χ1n) is 4.69. The molecule has 0 aliphatic carbocycles. The minimum atomic E-state index is 0.977. The van der Waals surface area contributed by atoms with Crippen LogP contribution in [0.4, 0.5) is 0 Å². The van der Waals surface area contributed by atoms with Gasteiger partial charge in [-0.15, -0.1) is 0 Å². The van der Waals surface area contributed by atoms with Crippen molar-refractivity contribution in [1.82, 2.24) is 0 Å². The Hall–Kier alpha value is -1.37. The van der Waals surface area contributed by atoms with Crippen molar-refractivity contribution in [2.75, 3.05) is 0 Å². The Morgan fingerprint density at radius 2 is 1.79 bits per heavy atom. The van der Waals surface area contributed by atoms with Crippen LogP contribution < -0.4 is 0 Å². The molecule has 0 aliphatic heterocycles. The molecule has 0 spiro atoms. The lowest BCUT2D eigenvalue weighted by Crippen LogP contribution is -1.84. The zero-order valence-corrected chi connectivity index (χ0v) is 9.59. The van der Waals surface area contributed by atoms with Crippen molar-refractivity contribution in [3.63, 3.8) is 0 Å². The molecular weight excluding hydrogens is 170 g/mol. The number of hydrogen-bond acceptors (Lipinski definition) is 1. The molecule has 76 valence electrons. The van der Waals surface area contributed by atoms with Crippen LogP contribution in [0.3, 0.4) is 0 Å². The molecule has 0 N–H and O–H groups in total. The van der Waals surface area contributed by atoms with E-state index in [1.165, 1.54) is 5.57 Å². The number of nitrogens with zero attached hydrogens (tertiary/aromatic N) is 1. The number of hydrogen-bond donors (Lipinski definition) is 0. The molecule has 0 atom stereocenters. The van der Waals surface area contributed by atoms with Crippen molar-refractivity contribution in [3.05, 3.63) is 47.7 Å². The summed E-state index contributed by atoms with van der Waals surface area (Å²) in [7, 11) is 0. The summed E-state index contributed by atoms with van der Waals surface area (Å²) >= 11 is 0. The molecule has 0 heterocycles. The maximum absolute atomic E-state index is 4.28. The fourth-order valence-electron chi connectivity index (χ4n) is 0.953. The van der Waals surface area contributed by atoms with Gasteiger partial charge in [0, 0.05) is 6.21 Å². The Balaban J connectivity index is 5.18. The van der Waals surface area contributed by atoms with Crippen LogP contribution in [0, 0.1) is 0 Å². The lowest BCUT2D eigenvalue weighted by atomic mass is 10.1. The van der Waals surface area contributed by atoms with Gasteiger partial charge in [0.25, 0.3) is 0 Å². The van der Waals surface area contributed by atoms with Crippen molar-refractivity contribution in [3.8, 4) is 0 Å². The minimum Gasteiger partial charge on any atom is -0.262 e. The molecule has 0 saturated carbocycles. The van der Waals surface area contributed by atoms with Gasteiger partial charge >= 0.3 is 0 Å². The van der Waals surface area contributed by atoms with Crippen LogP contribution in [0.1, 0.15) is 27.7 Å². The maximum Gasteiger partial charge on any atom is 0.0618 e. The Bertz CT molecular complexity index is 310. The highest BCUT2D eigenvalue weighted by molar-refractivity contribution is 5.57. The van der Waals surface area contributed by atoms with E-state index >= 15 is 0 Å². The van der Waals surface area contributed by atoms with Gasteiger partial charge in [0.2, 0.25) is 0 Å². The summed E-state index contributed by atoms with van der Waals surface area (Å²) in [6.07, 6.45) is 5.60. The molecule has 0 aromatic carbocycles. The maximum atomic E-state index is 4.28. The molecule has 0 aromatic heterocycles. The van der Waals surface area contributed by atoms with Gasteiger partial charge in [-0.3, -0.25) is 4.99 Å². The van der Waals surface area contributed by atoms with Crippen molar-refractivity contribution < 1.29 is 0 Å². The van der Waals surface area contributed by atoms with E-state index in [-0.39, 0.29) is 0 Å². The first-order valence-corrected chi connectivity index (χ1v) is 4.69. The molecule has 0 aliphatic rings. The minimum absolute atomic E-state index is 0.977. The zero-order valence-electron chi connectivity index (χ0n) is 9.59. The highest BCUT2D eigenvalue weighted by Gasteiger charge is 1.96. The van der Waals surface area contributed by atoms with Crippen LogP contribution in [-0.2, 0) is 0 Å². The quantitative estimate of drug-likeness (QED) is 0.467. The van der Waals surface area contributed by atoms with Crippen molar-refractivity contribution >= 4 is 6.21 Å². The molecule has 1 nitrogen and oxygen atoms in total. The second-order valence-corrected chi connectivity index (χ2v) is 3.36. The van der Waals surface area contributed by atoms with Crippen LogP contribution in [0.2, 0.25) is 0 Å². The molecule has 0 bridgehead atoms. The van der Waals surface area contributed by atoms with E-state index in [1.54, 1.807) is 12.3 Å². The van der Waals surface area contributed by atoms with Crippen molar-refractivity contribution in [1.29, 1.82) is 0 Å². The van der Waals surface area contributed by atoms with Gasteiger partial charge in [0.1, 0.15) is 0 Å². The Morgan fingerprint density at radius 3 is 2.07 bits per heavy atom. The van der Waals surface area contributed by atoms with Crippen LogP contribution >= 0.6 is 0 Å². The third-order valence-electron chi connectivity index (χ3n) is 1.79. The normalized spacial score (nSPS) is 11.6. The molecule has 0 amide bonds. The van der Waals surface area contributed by atoms with Gasteiger partial charge in [-0.25, -0.2) is 0 Å². The highest BCUT2D eigenvalue weighted by Crippen LogP contribution is 2.15. The largest absolute Gasteiger partial charge is 0.262 e. The summed E-state index contributed by atoms with van der Waals surface area (Å²) in [4.78, 5) is 4.28. The summed E-state index contributed by atoms with van der Waals surface area (Å²) in [6.45, 7) is 15.6. The average Bonchev–Trinajstić information content (AvgIpc) is 2.11. The Morgan fingerprint density at radius 1 is 1.21 bits per heavy atom. The van der Waals surface area contributed by atoms with Gasteiger partial charge in [0.05, 0.1) is 5.70 Å². The van der Waals surface area contributed by atoms with Gasteiger partial charge in [-0.1, -0.05) is 30.4 Å². The Labute approximate surface area is 87.3 Å². The monoisotopic (exact) mass is 189 g/mol. The summed E-state index contributed by atoms with van der Waals surface area (Å²) in [5.74, 6) is 0. The highest BCUT2D eigenvalue weighted by atomic mass is 14.7. The SMILES string of the molecule is C=C/C(=C\C(N=CC)=C(C)C)C(=C)C. The molecular formula is C13H19N. The van der Waals surface area contributed by atoms with Crippen LogP contribution in [0.25, 0.3) is 0 Å². The third kappa shape index (κ3) is 4.04. The van der Waals surface area contributed by atoms with Crippen LogP contribution in [0.15, 0.2) is 52.7 Å². The van der Waals surface area contributed by atoms with Gasteiger partial charge in [-0.05, 0) is 39.3 Å².